The maximum atomic E-state index is 10.7. The van der Waals surface area contributed by atoms with E-state index in [1.54, 1.807) is 7.05 Å². The van der Waals surface area contributed by atoms with Crippen LogP contribution in [0.15, 0.2) is 12.1 Å². The number of hydrogen-bond donors (Lipinski definition) is 3. The third kappa shape index (κ3) is 3.87. The van der Waals surface area contributed by atoms with Gasteiger partial charge in [0.15, 0.2) is 0 Å². The minimum atomic E-state index is -0.492. The van der Waals surface area contributed by atoms with Crippen molar-refractivity contribution in [3.63, 3.8) is 0 Å². The Morgan fingerprint density at radius 2 is 2.18 bits per heavy atom. The standard InChI is InChI=1S/C10H16N4O3/c1-3-8(15)6-12-10-5-7(14(16)17)4-9(11-2)13-10/h4-5,8,15H,3,6H2,1-2H3,(H2,11,12,13). The van der Waals surface area contributed by atoms with Crippen LogP contribution in [0.2, 0.25) is 0 Å². The van der Waals surface area contributed by atoms with Gasteiger partial charge in [0.05, 0.1) is 23.2 Å². The van der Waals surface area contributed by atoms with Gasteiger partial charge in [0.25, 0.3) is 5.69 Å². The predicted molar refractivity (Wildman–Crippen MR) is 65.2 cm³/mol. The molecule has 0 saturated carbocycles. The number of aliphatic hydroxyl groups is 1. The molecule has 1 unspecified atom stereocenters. The fraction of sp³-hybridized carbons (Fsp3) is 0.500. The number of pyridine rings is 1. The molecule has 17 heavy (non-hydrogen) atoms. The summed E-state index contributed by atoms with van der Waals surface area (Å²) in [5, 5.41) is 25.7. The van der Waals surface area contributed by atoms with Crippen molar-refractivity contribution in [2.24, 2.45) is 0 Å². The molecule has 7 nitrogen and oxygen atoms in total. The van der Waals surface area contributed by atoms with Gasteiger partial charge in [-0.1, -0.05) is 6.92 Å². The minimum absolute atomic E-state index is 0.0437. The molecule has 0 aliphatic rings. The van der Waals surface area contributed by atoms with Gasteiger partial charge >= 0.3 is 0 Å². The summed E-state index contributed by atoms with van der Waals surface area (Å²) in [6, 6.07) is 2.69. The first kappa shape index (κ1) is 13.2. The highest BCUT2D eigenvalue weighted by Crippen LogP contribution is 2.20. The van der Waals surface area contributed by atoms with Gasteiger partial charge in [-0.25, -0.2) is 4.98 Å². The summed E-state index contributed by atoms with van der Waals surface area (Å²) >= 11 is 0. The van der Waals surface area contributed by atoms with Crippen molar-refractivity contribution < 1.29 is 10.0 Å². The van der Waals surface area contributed by atoms with Crippen molar-refractivity contribution in [1.29, 1.82) is 0 Å². The summed E-state index contributed by atoms with van der Waals surface area (Å²) in [7, 11) is 1.64. The lowest BCUT2D eigenvalue weighted by Gasteiger charge is -2.10. The van der Waals surface area contributed by atoms with Crippen molar-refractivity contribution in [2.75, 3.05) is 24.2 Å². The number of nitro groups is 1. The molecule has 0 aliphatic heterocycles. The number of rotatable bonds is 6. The Morgan fingerprint density at radius 3 is 2.71 bits per heavy atom. The average molecular weight is 240 g/mol. The van der Waals surface area contributed by atoms with E-state index >= 15 is 0 Å². The van der Waals surface area contributed by atoms with Crippen molar-refractivity contribution >= 4 is 17.3 Å². The highest BCUT2D eigenvalue weighted by atomic mass is 16.6. The third-order valence-electron chi connectivity index (χ3n) is 2.27. The Kier molecular flexibility index (Phi) is 4.65. The van der Waals surface area contributed by atoms with E-state index in [0.29, 0.717) is 24.6 Å². The van der Waals surface area contributed by atoms with E-state index < -0.39 is 11.0 Å². The smallest absolute Gasteiger partial charge is 0.276 e. The third-order valence-corrected chi connectivity index (χ3v) is 2.27. The van der Waals surface area contributed by atoms with Gasteiger partial charge in [0, 0.05) is 13.6 Å². The molecule has 0 aliphatic carbocycles. The first-order valence-electron chi connectivity index (χ1n) is 5.33. The molecule has 0 saturated heterocycles. The number of anilines is 2. The topological polar surface area (TPSA) is 100 Å². The summed E-state index contributed by atoms with van der Waals surface area (Å²) < 4.78 is 0. The molecule has 1 heterocycles. The van der Waals surface area contributed by atoms with Gasteiger partial charge in [-0.3, -0.25) is 10.1 Å². The van der Waals surface area contributed by atoms with E-state index in [-0.39, 0.29) is 5.69 Å². The van der Waals surface area contributed by atoms with Crippen LogP contribution < -0.4 is 10.6 Å². The van der Waals surface area contributed by atoms with Crippen LogP contribution in [-0.4, -0.2) is 34.7 Å². The number of hydrogen-bond acceptors (Lipinski definition) is 6. The SMILES string of the molecule is CCC(O)CNc1cc([N+](=O)[O-])cc(NC)n1. The zero-order chi connectivity index (χ0) is 12.8. The molecular formula is C10H16N4O3. The van der Waals surface area contributed by atoms with E-state index in [0.717, 1.165) is 0 Å². The number of nitrogens with one attached hydrogen (secondary N) is 2. The molecule has 1 aromatic rings. The van der Waals surface area contributed by atoms with E-state index in [4.69, 9.17) is 0 Å². The molecule has 0 fully saturated rings. The van der Waals surface area contributed by atoms with Gasteiger partial charge in [-0.15, -0.1) is 0 Å². The monoisotopic (exact) mass is 240 g/mol. The molecule has 0 aromatic carbocycles. The maximum absolute atomic E-state index is 10.7. The quantitative estimate of drug-likeness (QED) is 0.510. The van der Waals surface area contributed by atoms with Crippen molar-refractivity contribution in [3.8, 4) is 0 Å². The van der Waals surface area contributed by atoms with Crippen LogP contribution in [0.5, 0.6) is 0 Å². The molecule has 1 rings (SSSR count). The van der Waals surface area contributed by atoms with E-state index in [1.807, 2.05) is 6.92 Å². The normalized spacial score (nSPS) is 11.9. The Morgan fingerprint density at radius 1 is 1.53 bits per heavy atom. The first-order valence-corrected chi connectivity index (χ1v) is 5.33. The Balaban J connectivity index is 2.83. The van der Waals surface area contributed by atoms with Crippen molar-refractivity contribution in [1.82, 2.24) is 4.98 Å². The summed E-state index contributed by atoms with van der Waals surface area (Å²) in [5.41, 5.74) is -0.0437. The lowest BCUT2D eigenvalue weighted by Crippen LogP contribution is -2.19. The molecule has 0 spiro atoms. The van der Waals surface area contributed by atoms with Crippen LogP contribution >= 0.6 is 0 Å². The van der Waals surface area contributed by atoms with Crippen LogP contribution in [0.4, 0.5) is 17.3 Å². The Bertz CT molecular complexity index is 397. The zero-order valence-electron chi connectivity index (χ0n) is 9.80. The maximum Gasteiger partial charge on any atom is 0.276 e. The Labute approximate surface area is 99.0 Å². The second-order valence-corrected chi connectivity index (χ2v) is 3.55. The van der Waals surface area contributed by atoms with Crippen LogP contribution in [0.25, 0.3) is 0 Å². The molecule has 94 valence electrons. The molecule has 0 amide bonds. The van der Waals surface area contributed by atoms with Gasteiger partial charge in [-0.2, -0.15) is 0 Å². The van der Waals surface area contributed by atoms with Gasteiger partial charge in [-0.05, 0) is 6.42 Å². The van der Waals surface area contributed by atoms with Crippen molar-refractivity contribution in [2.45, 2.75) is 19.4 Å². The molecule has 0 radical (unpaired) electrons. The lowest BCUT2D eigenvalue weighted by molar-refractivity contribution is -0.384. The second kappa shape index (κ2) is 6.00. The van der Waals surface area contributed by atoms with E-state index in [9.17, 15) is 15.2 Å². The number of aliphatic hydroxyl groups excluding tert-OH is 1. The molecular weight excluding hydrogens is 224 g/mol. The van der Waals surface area contributed by atoms with Crippen molar-refractivity contribution in [3.05, 3.63) is 22.2 Å². The molecule has 7 heteroatoms. The molecule has 3 N–H and O–H groups in total. The van der Waals surface area contributed by atoms with Crippen LogP contribution in [0.1, 0.15) is 13.3 Å². The summed E-state index contributed by atoms with van der Waals surface area (Å²) in [6.45, 7) is 2.17. The fourth-order valence-electron chi connectivity index (χ4n) is 1.21. The average Bonchev–Trinajstić information content (AvgIpc) is 2.35. The van der Waals surface area contributed by atoms with E-state index in [2.05, 4.69) is 15.6 Å². The molecule has 1 atom stereocenters. The number of nitrogens with zero attached hydrogens (tertiary/aromatic N) is 2. The molecule has 1 aromatic heterocycles. The number of aromatic nitrogens is 1. The van der Waals surface area contributed by atoms with Gasteiger partial charge in [0.2, 0.25) is 0 Å². The zero-order valence-corrected chi connectivity index (χ0v) is 9.80. The Hall–Kier alpha value is -1.89. The second-order valence-electron chi connectivity index (χ2n) is 3.55. The predicted octanol–water partition coefficient (Wildman–Crippen LogP) is 1.21. The largest absolute Gasteiger partial charge is 0.391 e. The van der Waals surface area contributed by atoms with Gasteiger partial charge < -0.3 is 15.7 Å². The molecule has 0 bridgehead atoms. The lowest BCUT2D eigenvalue weighted by atomic mass is 10.3. The van der Waals surface area contributed by atoms with E-state index in [1.165, 1.54) is 12.1 Å². The van der Waals surface area contributed by atoms with Crippen LogP contribution in [0, 0.1) is 10.1 Å². The summed E-state index contributed by atoms with van der Waals surface area (Å²) in [6.07, 6.45) is 0.120. The van der Waals surface area contributed by atoms with Crippen LogP contribution in [0.3, 0.4) is 0 Å². The highest BCUT2D eigenvalue weighted by molar-refractivity contribution is 5.54. The van der Waals surface area contributed by atoms with Gasteiger partial charge in [0.1, 0.15) is 11.6 Å². The fourth-order valence-corrected chi connectivity index (χ4v) is 1.21. The summed E-state index contributed by atoms with van der Waals surface area (Å²) in [5.74, 6) is 0.781. The highest BCUT2D eigenvalue weighted by Gasteiger charge is 2.11. The minimum Gasteiger partial charge on any atom is -0.391 e. The summed E-state index contributed by atoms with van der Waals surface area (Å²) in [4.78, 5) is 14.3. The van der Waals surface area contributed by atoms with Crippen LogP contribution in [-0.2, 0) is 0 Å². The first-order chi connectivity index (χ1) is 8.06.